The first-order valence-corrected chi connectivity index (χ1v) is 7.24. The number of rotatable bonds is 6. The third kappa shape index (κ3) is 3.09. The van der Waals surface area contributed by atoms with E-state index in [2.05, 4.69) is 14.7 Å². The molecule has 2 N–H and O–H groups in total. The number of methoxy groups -OCH3 is 2. The van der Waals surface area contributed by atoms with Crippen LogP contribution in [0.5, 0.6) is 11.5 Å². The summed E-state index contributed by atoms with van der Waals surface area (Å²) in [5, 5.41) is 0.0259. The molecule has 0 amide bonds. The van der Waals surface area contributed by atoms with Crippen LogP contribution in [0.3, 0.4) is 0 Å². The SMILES string of the molecule is COc1ccc(CNS(=O)(=O)c2cnc[nH]2)cc1OC. The minimum absolute atomic E-state index is 0.0259. The lowest BCUT2D eigenvalue weighted by atomic mass is 10.2. The lowest BCUT2D eigenvalue weighted by Gasteiger charge is -2.10. The van der Waals surface area contributed by atoms with E-state index in [1.54, 1.807) is 25.3 Å². The van der Waals surface area contributed by atoms with Gasteiger partial charge in [0.05, 0.1) is 26.7 Å². The number of H-pyrrole nitrogens is 1. The first-order chi connectivity index (χ1) is 9.56. The van der Waals surface area contributed by atoms with Crippen LogP contribution in [-0.2, 0) is 16.6 Å². The average Bonchev–Trinajstić information content (AvgIpc) is 3.00. The Hall–Kier alpha value is -2.06. The Balaban J connectivity index is 2.12. The molecule has 2 rings (SSSR count). The fourth-order valence-electron chi connectivity index (χ4n) is 1.64. The van der Waals surface area contributed by atoms with Gasteiger partial charge in [0.2, 0.25) is 0 Å². The van der Waals surface area contributed by atoms with Crippen LogP contribution in [0.2, 0.25) is 0 Å². The molecule has 1 aromatic heterocycles. The van der Waals surface area contributed by atoms with Gasteiger partial charge in [0.1, 0.15) is 0 Å². The molecule has 0 unspecified atom stereocenters. The van der Waals surface area contributed by atoms with E-state index in [1.165, 1.54) is 19.6 Å². The van der Waals surface area contributed by atoms with Crippen molar-refractivity contribution in [1.29, 1.82) is 0 Å². The van der Waals surface area contributed by atoms with Gasteiger partial charge in [0.15, 0.2) is 16.5 Å². The van der Waals surface area contributed by atoms with Gasteiger partial charge < -0.3 is 14.5 Å². The van der Waals surface area contributed by atoms with Crippen LogP contribution in [0.4, 0.5) is 0 Å². The second kappa shape index (κ2) is 5.93. The monoisotopic (exact) mass is 297 g/mol. The molecule has 0 saturated heterocycles. The molecule has 20 heavy (non-hydrogen) atoms. The molecule has 0 aliphatic heterocycles. The number of ether oxygens (including phenoxy) is 2. The van der Waals surface area contributed by atoms with Crippen molar-refractivity contribution in [2.24, 2.45) is 0 Å². The highest BCUT2D eigenvalue weighted by Crippen LogP contribution is 2.27. The standard InChI is InChI=1S/C12H15N3O4S/c1-18-10-4-3-9(5-11(10)19-2)6-15-20(16,17)12-7-13-8-14-12/h3-5,7-8,15H,6H2,1-2H3,(H,13,14). The van der Waals surface area contributed by atoms with E-state index >= 15 is 0 Å². The third-order valence-electron chi connectivity index (χ3n) is 2.68. The molecule has 0 bridgehead atoms. The fourth-order valence-corrected chi connectivity index (χ4v) is 2.56. The van der Waals surface area contributed by atoms with E-state index in [1.807, 2.05) is 0 Å². The van der Waals surface area contributed by atoms with Gasteiger partial charge in [-0.3, -0.25) is 0 Å². The molecular weight excluding hydrogens is 282 g/mol. The molecule has 1 aromatic carbocycles. The van der Waals surface area contributed by atoms with Crippen molar-refractivity contribution in [3.63, 3.8) is 0 Å². The minimum Gasteiger partial charge on any atom is -0.493 e. The van der Waals surface area contributed by atoms with Gasteiger partial charge in [-0.1, -0.05) is 6.07 Å². The van der Waals surface area contributed by atoms with E-state index in [0.29, 0.717) is 11.5 Å². The number of nitrogens with one attached hydrogen (secondary N) is 2. The molecule has 0 atom stereocenters. The number of imidazole rings is 1. The van der Waals surface area contributed by atoms with Crippen molar-refractivity contribution < 1.29 is 17.9 Å². The number of sulfonamides is 1. The molecule has 0 radical (unpaired) electrons. The first-order valence-electron chi connectivity index (χ1n) is 5.76. The molecule has 0 saturated carbocycles. The zero-order valence-electron chi connectivity index (χ0n) is 11.1. The van der Waals surface area contributed by atoms with Gasteiger partial charge in [0, 0.05) is 6.54 Å². The highest BCUT2D eigenvalue weighted by molar-refractivity contribution is 7.89. The molecule has 7 nitrogen and oxygen atoms in total. The van der Waals surface area contributed by atoms with E-state index in [0.717, 1.165) is 5.56 Å². The van der Waals surface area contributed by atoms with Gasteiger partial charge >= 0.3 is 0 Å². The first kappa shape index (κ1) is 14.4. The molecule has 0 aliphatic rings. The van der Waals surface area contributed by atoms with E-state index in [4.69, 9.17) is 9.47 Å². The Labute approximate surface area is 117 Å². The van der Waals surface area contributed by atoms with Crippen LogP contribution in [0, 0.1) is 0 Å². The molecule has 108 valence electrons. The maximum absolute atomic E-state index is 11.9. The number of benzene rings is 1. The Morgan fingerprint density at radius 2 is 2.00 bits per heavy atom. The summed E-state index contributed by atoms with van der Waals surface area (Å²) < 4.78 is 36.6. The van der Waals surface area contributed by atoms with Crippen molar-refractivity contribution >= 4 is 10.0 Å². The normalized spacial score (nSPS) is 11.3. The van der Waals surface area contributed by atoms with Gasteiger partial charge in [-0.2, -0.15) is 0 Å². The summed E-state index contributed by atoms with van der Waals surface area (Å²) in [5.74, 6) is 1.14. The topological polar surface area (TPSA) is 93.3 Å². The second-order valence-electron chi connectivity index (χ2n) is 3.93. The smallest absolute Gasteiger partial charge is 0.257 e. The highest BCUT2D eigenvalue weighted by Gasteiger charge is 2.15. The quantitative estimate of drug-likeness (QED) is 0.826. The molecule has 8 heteroatoms. The van der Waals surface area contributed by atoms with Crippen molar-refractivity contribution in [3.05, 3.63) is 36.3 Å². The van der Waals surface area contributed by atoms with Crippen LogP contribution in [0.25, 0.3) is 0 Å². The average molecular weight is 297 g/mol. The lowest BCUT2D eigenvalue weighted by Crippen LogP contribution is -2.23. The van der Waals surface area contributed by atoms with Crippen molar-refractivity contribution in [3.8, 4) is 11.5 Å². The molecule has 1 heterocycles. The summed E-state index contributed by atoms with van der Waals surface area (Å²) in [5.41, 5.74) is 0.755. The maximum atomic E-state index is 11.9. The number of hydrogen-bond donors (Lipinski definition) is 2. The summed E-state index contributed by atoms with van der Waals surface area (Å²) >= 11 is 0. The summed E-state index contributed by atoms with van der Waals surface area (Å²) in [6.45, 7) is 0.141. The van der Waals surface area contributed by atoms with E-state index in [-0.39, 0.29) is 11.6 Å². The van der Waals surface area contributed by atoms with Crippen LogP contribution >= 0.6 is 0 Å². The lowest BCUT2D eigenvalue weighted by molar-refractivity contribution is 0.354. The second-order valence-corrected chi connectivity index (χ2v) is 5.67. The Kier molecular flexibility index (Phi) is 4.26. The zero-order chi connectivity index (χ0) is 14.6. The molecule has 0 aliphatic carbocycles. The van der Waals surface area contributed by atoms with Crippen molar-refractivity contribution in [1.82, 2.24) is 14.7 Å². The number of hydrogen-bond acceptors (Lipinski definition) is 5. The van der Waals surface area contributed by atoms with Crippen LogP contribution < -0.4 is 14.2 Å². The van der Waals surface area contributed by atoms with Crippen molar-refractivity contribution in [2.75, 3.05) is 14.2 Å². The van der Waals surface area contributed by atoms with Gasteiger partial charge in [-0.15, -0.1) is 0 Å². The van der Waals surface area contributed by atoms with E-state index in [9.17, 15) is 8.42 Å². The maximum Gasteiger partial charge on any atom is 0.257 e. The Bertz CT molecular complexity index is 668. The summed E-state index contributed by atoms with van der Waals surface area (Å²) in [4.78, 5) is 6.23. The Morgan fingerprint density at radius 1 is 1.25 bits per heavy atom. The largest absolute Gasteiger partial charge is 0.493 e. The molecule has 2 aromatic rings. The Morgan fingerprint density at radius 3 is 2.60 bits per heavy atom. The number of aromatic amines is 1. The summed E-state index contributed by atoms with van der Waals surface area (Å²) in [7, 11) is -0.526. The van der Waals surface area contributed by atoms with Crippen LogP contribution in [0.15, 0.2) is 35.7 Å². The number of aromatic nitrogens is 2. The predicted octanol–water partition coefficient (Wildman–Crippen LogP) is 0.905. The zero-order valence-corrected chi connectivity index (χ0v) is 11.9. The van der Waals surface area contributed by atoms with Gasteiger partial charge in [-0.05, 0) is 17.7 Å². The highest BCUT2D eigenvalue weighted by atomic mass is 32.2. The molecular formula is C12H15N3O4S. The van der Waals surface area contributed by atoms with Crippen LogP contribution in [-0.4, -0.2) is 32.6 Å². The van der Waals surface area contributed by atoms with Crippen LogP contribution in [0.1, 0.15) is 5.56 Å². The summed E-state index contributed by atoms with van der Waals surface area (Å²) in [6, 6.07) is 5.20. The summed E-state index contributed by atoms with van der Waals surface area (Å²) in [6.07, 6.45) is 2.56. The minimum atomic E-state index is -3.59. The predicted molar refractivity (Wildman–Crippen MR) is 72.2 cm³/mol. The van der Waals surface area contributed by atoms with E-state index < -0.39 is 10.0 Å². The number of nitrogens with zero attached hydrogens (tertiary/aromatic N) is 1. The van der Waals surface area contributed by atoms with Gasteiger partial charge in [-0.25, -0.2) is 18.1 Å². The fraction of sp³-hybridized carbons (Fsp3) is 0.250. The van der Waals surface area contributed by atoms with Gasteiger partial charge in [0.25, 0.3) is 10.0 Å². The third-order valence-corrected chi connectivity index (χ3v) is 4.00. The molecule has 0 spiro atoms. The van der Waals surface area contributed by atoms with Crippen molar-refractivity contribution in [2.45, 2.75) is 11.6 Å². The molecule has 0 fully saturated rings.